The molecule has 0 aromatic carbocycles. The fourth-order valence-corrected chi connectivity index (χ4v) is 1.89. The molecule has 4 heteroatoms. The van der Waals surface area contributed by atoms with Crippen LogP contribution in [-0.4, -0.2) is 35.5 Å². The maximum absolute atomic E-state index is 11.8. The molecule has 0 radical (unpaired) electrons. The Morgan fingerprint density at radius 1 is 1.38 bits per heavy atom. The number of amides is 1. The third kappa shape index (κ3) is 3.83. The van der Waals surface area contributed by atoms with Gasteiger partial charge in [-0.3, -0.25) is 4.79 Å². The van der Waals surface area contributed by atoms with Gasteiger partial charge in [0, 0.05) is 13.0 Å². The molecule has 0 unspecified atom stereocenters. The molecule has 1 aliphatic rings. The van der Waals surface area contributed by atoms with E-state index in [1.54, 1.807) is 0 Å². The maximum atomic E-state index is 11.8. The van der Waals surface area contributed by atoms with E-state index in [0.29, 0.717) is 13.0 Å². The van der Waals surface area contributed by atoms with Crippen LogP contribution in [0.25, 0.3) is 0 Å². The molecule has 0 spiro atoms. The number of ether oxygens (including phenoxy) is 1. The molecule has 0 N–H and O–H groups in total. The first-order chi connectivity index (χ1) is 7.09. The predicted molar refractivity (Wildman–Crippen MR) is 61.2 cm³/mol. The highest BCUT2D eigenvalue weighted by Gasteiger charge is 2.35. The lowest BCUT2D eigenvalue weighted by Crippen LogP contribution is -2.49. The summed E-state index contributed by atoms with van der Waals surface area (Å²) in [6, 6.07) is 0. The van der Waals surface area contributed by atoms with Gasteiger partial charge >= 0.3 is 6.09 Å². The van der Waals surface area contributed by atoms with Crippen LogP contribution in [-0.2, 0) is 9.53 Å². The zero-order valence-corrected chi connectivity index (χ0v) is 10.8. The van der Waals surface area contributed by atoms with Crippen LogP contribution < -0.4 is 0 Å². The minimum absolute atomic E-state index is 0.0992. The van der Waals surface area contributed by atoms with Gasteiger partial charge in [-0.1, -0.05) is 13.8 Å². The Kier molecular flexibility index (Phi) is 3.31. The Morgan fingerprint density at radius 2 is 1.94 bits per heavy atom. The normalized spacial score (nSPS) is 20.8. The summed E-state index contributed by atoms with van der Waals surface area (Å²) in [5.74, 6) is 0.0992. The molecule has 16 heavy (non-hydrogen) atoms. The summed E-state index contributed by atoms with van der Waals surface area (Å²) in [7, 11) is 0. The average Bonchev–Trinajstić information content (AvgIpc) is 1.96. The summed E-state index contributed by atoms with van der Waals surface area (Å²) in [4.78, 5) is 24.8. The van der Waals surface area contributed by atoms with E-state index in [2.05, 4.69) is 0 Å². The number of carbonyl (C=O) groups excluding carboxylic acids is 2. The smallest absolute Gasteiger partial charge is 0.410 e. The van der Waals surface area contributed by atoms with E-state index in [1.165, 1.54) is 4.90 Å². The minimum Gasteiger partial charge on any atom is -0.444 e. The summed E-state index contributed by atoms with van der Waals surface area (Å²) in [6.45, 7) is 10.2. The SMILES string of the molecule is CC1(C)CC(=O)CN(C(=O)OC(C)(C)C)C1. The van der Waals surface area contributed by atoms with E-state index in [0.717, 1.165) is 0 Å². The number of ketones is 1. The van der Waals surface area contributed by atoms with Crippen molar-refractivity contribution in [1.29, 1.82) is 0 Å². The number of likely N-dealkylation sites (tertiary alicyclic amines) is 1. The molecule has 1 saturated heterocycles. The van der Waals surface area contributed by atoms with Crippen molar-refractivity contribution < 1.29 is 14.3 Å². The third-order valence-corrected chi connectivity index (χ3v) is 2.31. The second-order valence-corrected chi connectivity index (χ2v) is 6.22. The summed E-state index contributed by atoms with van der Waals surface area (Å²) >= 11 is 0. The number of rotatable bonds is 0. The molecule has 1 rings (SSSR count). The number of piperidine rings is 1. The van der Waals surface area contributed by atoms with Crippen molar-refractivity contribution in [2.45, 2.75) is 46.6 Å². The van der Waals surface area contributed by atoms with Crippen LogP contribution in [0.1, 0.15) is 41.0 Å². The lowest BCUT2D eigenvalue weighted by molar-refractivity contribution is -0.125. The average molecular weight is 227 g/mol. The second kappa shape index (κ2) is 4.07. The minimum atomic E-state index is -0.512. The first-order valence-corrected chi connectivity index (χ1v) is 5.59. The Labute approximate surface area is 96.9 Å². The van der Waals surface area contributed by atoms with Gasteiger partial charge < -0.3 is 9.64 Å². The van der Waals surface area contributed by atoms with E-state index in [1.807, 2.05) is 34.6 Å². The zero-order chi connectivity index (χ0) is 12.6. The Balaban J connectivity index is 2.66. The molecule has 1 amide bonds. The predicted octanol–water partition coefficient (Wildman–Crippen LogP) is 2.22. The molecular weight excluding hydrogens is 206 g/mol. The number of hydrogen-bond donors (Lipinski definition) is 0. The van der Waals surface area contributed by atoms with E-state index in [4.69, 9.17) is 4.74 Å². The van der Waals surface area contributed by atoms with Gasteiger partial charge in [-0.05, 0) is 26.2 Å². The van der Waals surface area contributed by atoms with E-state index in [-0.39, 0.29) is 17.7 Å². The quantitative estimate of drug-likeness (QED) is 0.637. The van der Waals surface area contributed by atoms with Crippen LogP contribution in [0.15, 0.2) is 0 Å². The molecule has 0 aromatic heterocycles. The highest BCUT2D eigenvalue weighted by molar-refractivity contribution is 5.85. The van der Waals surface area contributed by atoms with Crippen molar-refractivity contribution in [3.63, 3.8) is 0 Å². The lowest BCUT2D eigenvalue weighted by atomic mass is 9.84. The first-order valence-electron chi connectivity index (χ1n) is 5.59. The van der Waals surface area contributed by atoms with Gasteiger partial charge in [0.2, 0.25) is 0 Å². The van der Waals surface area contributed by atoms with Crippen LogP contribution in [0, 0.1) is 5.41 Å². The van der Waals surface area contributed by atoms with Crippen LogP contribution in [0.3, 0.4) is 0 Å². The van der Waals surface area contributed by atoms with Crippen molar-refractivity contribution in [3.05, 3.63) is 0 Å². The zero-order valence-electron chi connectivity index (χ0n) is 10.8. The monoisotopic (exact) mass is 227 g/mol. The van der Waals surface area contributed by atoms with Gasteiger partial charge in [0.1, 0.15) is 5.60 Å². The molecular formula is C12H21NO3. The van der Waals surface area contributed by atoms with Gasteiger partial charge in [0.25, 0.3) is 0 Å². The van der Waals surface area contributed by atoms with Crippen LogP contribution in [0.2, 0.25) is 0 Å². The van der Waals surface area contributed by atoms with Crippen molar-refractivity contribution in [3.8, 4) is 0 Å². The van der Waals surface area contributed by atoms with Crippen LogP contribution in [0.5, 0.6) is 0 Å². The number of hydrogen-bond acceptors (Lipinski definition) is 3. The molecule has 4 nitrogen and oxygen atoms in total. The summed E-state index contributed by atoms with van der Waals surface area (Å²) < 4.78 is 5.25. The standard InChI is InChI=1S/C12H21NO3/c1-11(2,3)16-10(15)13-7-9(14)6-12(4,5)8-13/h6-8H2,1-5H3. The first kappa shape index (κ1) is 13.0. The number of nitrogens with zero attached hydrogens (tertiary/aromatic N) is 1. The van der Waals surface area contributed by atoms with E-state index in [9.17, 15) is 9.59 Å². The molecule has 0 bridgehead atoms. The molecule has 0 atom stereocenters. The molecule has 1 heterocycles. The molecule has 92 valence electrons. The fourth-order valence-electron chi connectivity index (χ4n) is 1.89. The van der Waals surface area contributed by atoms with Crippen molar-refractivity contribution in [2.75, 3.05) is 13.1 Å². The highest BCUT2D eigenvalue weighted by Crippen LogP contribution is 2.27. The van der Waals surface area contributed by atoms with Gasteiger partial charge in [0.15, 0.2) is 5.78 Å². The summed E-state index contributed by atoms with van der Waals surface area (Å²) in [5.41, 5.74) is -0.659. The van der Waals surface area contributed by atoms with E-state index < -0.39 is 11.7 Å². The summed E-state index contributed by atoms with van der Waals surface area (Å²) in [6.07, 6.45) is 0.139. The van der Waals surface area contributed by atoms with Crippen molar-refractivity contribution >= 4 is 11.9 Å². The molecule has 1 aliphatic heterocycles. The lowest BCUT2D eigenvalue weighted by Gasteiger charge is -2.37. The largest absolute Gasteiger partial charge is 0.444 e. The molecule has 0 saturated carbocycles. The Bertz CT molecular complexity index is 302. The Morgan fingerprint density at radius 3 is 2.38 bits per heavy atom. The molecule has 0 aliphatic carbocycles. The van der Waals surface area contributed by atoms with Gasteiger partial charge in [-0.15, -0.1) is 0 Å². The number of Topliss-reactive ketones (excluding diaryl/α,β-unsaturated/α-hetero) is 1. The molecule has 1 fully saturated rings. The van der Waals surface area contributed by atoms with Gasteiger partial charge in [-0.2, -0.15) is 0 Å². The van der Waals surface area contributed by atoms with Crippen LogP contribution >= 0.6 is 0 Å². The van der Waals surface area contributed by atoms with Gasteiger partial charge in [0.05, 0.1) is 6.54 Å². The van der Waals surface area contributed by atoms with Crippen molar-refractivity contribution in [2.24, 2.45) is 5.41 Å². The Hall–Kier alpha value is -1.06. The number of carbonyl (C=O) groups is 2. The van der Waals surface area contributed by atoms with E-state index >= 15 is 0 Å². The van der Waals surface area contributed by atoms with Crippen molar-refractivity contribution in [1.82, 2.24) is 4.90 Å². The molecule has 0 aromatic rings. The highest BCUT2D eigenvalue weighted by atomic mass is 16.6. The second-order valence-electron chi connectivity index (χ2n) is 6.22. The topological polar surface area (TPSA) is 46.6 Å². The third-order valence-electron chi connectivity index (χ3n) is 2.31. The summed E-state index contributed by atoms with van der Waals surface area (Å²) in [5, 5.41) is 0. The van der Waals surface area contributed by atoms with Crippen LogP contribution in [0.4, 0.5) is 4.79 Å². The van der Waals surface area contributed by atoms with Gasteiger partial charge in [-0.25, -0.2) is 4.79 Å². The fraction of sp³-hybridized carbons (Fsp3) is 0.833. The maximum Gasteiger partial charge on any atom is 0.410 e.